The highest BCUT2D eigenvalue weighted by molar-refractivity contribution is 7.17. The van der Waals surface area contributed by atoms with E-state index >= 15 is 0 Å². The van der Waals surface area contributed by atoms with Crippen LogP contribution in [0.5, 0.6) is 17.2 Å². The number of amides is 1. The predicted octanol–water partition coefficient (Wildman–Crippen LogP) is 3.86. The summed E-state index contributed by atoms with van der Waals surface area (Å²) in [5.41, 5.74) is 2.41. The lowest BCUT2D eigenvalue weighted by molar-refractivity contribution is 0.0954. The Morgan fingerprint density at radius 2 is 2.04 bits per heavy atom. The molecule has 0 aliphatic carbocycles. The largest absolute Gasteiger partial charge is 0.495 e. The van der Waals surface area contributed by atoms with Gasteiger partial charge in [-0.1, -0.05) is 29.5 Å². The van der Waals surface area contributed by atoms with E-state index in [1.54, 1.807) is 7.11 Å². The van der Waals surface area contributed by atoms with Crippen molar-refractivity contribution >= 4 is 28.1 Å². The van der Waals surface area contributed by atoms with Gasteiger partial charge in [0.05, 0.1) is 18.5 Å². The number of fused-ring (bicyclic) bond motifs is 1. The Bertz CT molecular complexity index is 1020. The number of aryl methyl sites for hydroxylation is 1. The average molecular weight is 397 g/mol. The predicted molar refractivity (Wildman–Crippen MR) is 107 cm³/mol. The molecule has 0 spiro atoms. The smallest absolute Gasteiger partial charge is 0.263 e. The van der Waals surface area contributed by atoms with Gasteiger partial charge in [-0.3, -0.25) is 4.79 Å². The number of anilines is 2. The van der Waals surface area contributed by atoms with E-state index in [1.165, 1.54) is 11.3 Å². The quantitative estimate of drug-likeness (QED) is 0.657. The molecule has 0 bridgehead atoms. The van der Waals surface area contributed by atoms with E-state index in [0.29, 0.717) is 33.7 Å². The van der Waals surface area contributed by atoms with Crippen LogP contribution in [0.3, 0.4) is 0 Å². The van der Waals surface area contributed by atoms with Crippen molar-refractivity contribution in [2.24, 2.45) is 0 Å². The highest BCUT2D eigenvalue weighted by atomic mass is 32.1. The third-order valence-corrected chi connectivity index (χ3v) is 5.31. The van der Waals surface area contributed by atoms with Crippen LogP contribution >= 0.6 is 11.3 Å². The van der Waals surface area contributed by atoms with Crippen LogP contribution in [0.25, 0.3) is 0 Å². The van der Waals surface area contributed by atoms with E-state index < -0.39 is 0 Å². The van der Waals surface area contributed by atoms with Crippen LogP contribution in [0.1, 0.15) is 20.9 Å². The van der Waals surface area contributed by atoms with E-state index in [0.717, 1.165) is 17.0 Å². The minimum absolute atomic E-state index is 0.166. The van der Waals surface area contributed by atoms with Gasteiger partial charge in [-0.15, -0.1) is 0 Å². The molecule has 28 heavy (non-hydrogen) atoms. The van der Waals surface area contributed by atoms with E-state index in [4.69, 9.17) is 14.2 Å². The lowest BCUT2D eigenvalue weighted by Gasteiger charge is -2.08. The Labute approximate surface area is 166 Å². The molecule has 3 aromatic rings. The Morgan fingerprint density at radius 3 is 2.89 bits per heavy atom. The highest BCUT2D eigenvalue weighted by Gasteiger charge is 2.17. The number of nitrogens with zero attached hydrogens (tertiary/aromatic N) is 1. The van der Waals surface area contributed by atoms with Crippen LogP contribution in [0.15, 0.2) is 42.5 Å². The zero-order valence-electron chi connectivity index (χ0n) is 15.4. The van der Waals surface area contributed by atoms with Gasteiger partial charge < -0.3 is 24.8 Å². The third-order valence-electron chi connectivity index (χ3n) is 4.24. The van der Waals surface area contributed by atoms with Crippen molar-refractivity contribution in [3.8, 4) is 17.2 Å². The number of hydrogen-bond donors (Lipinski definition) is 2. The topological polar surface area (TPSA) is 81.7 Å². The molecular formula is C20H19N3O4S. The summed E-state index contributed by atoms with van der Waals surface area (Å²) >= 11 is 1.30. The SMILES string of the molecule is COc1ccccc1Nc1nc(C)c(C(=O)NCc2ccc3c(c2)OCO3)s1. The standard InChI is InChI=1S/C20H19N3O4S/c1-12-18(28-20(22-12)23-14-5-3-4-6-15(14)25-2)19(24)21-10-13-7-8-16-17(9-13)27-11-26-16/h3-9H,10-11H2,1-2H3,(H,21,24)(H,22,23). The molecule has 7 nitrogen and oxygen atoms in total. The summed E-state index contributed by atoms with van der Waals surface area (Å²) in [6.07, 6.45) is 0. The number of ether oxygens (including phenoxy) is 3. The summed E-state index contributed by atoms with van der Waals surface area (Å²) < 4.78 is 16.0. The number of carbonyl (C=O) groups excluding carboxylic acids is 1. The molecule has 0 saturated heterocycles. The lowest BCUT2D eigenvalue weighted by atomic mass is 10.2. The van der Waals surface area contributed by atoms with Gasteiger partial charge in [0.1, 0.15) is 10.6 Å². The molecule has 0 fully saturated rings. The maximum atomic E-state index is 12.6. The molecule has 0 saturated carbocycles. The Balaban J connectivity index is 1.43. The maximum Gasteiger partial charge on any atom is 0.263 e. The van der Waals surface area contributed by atoms with Crippen molar-refractivity contribution in [3.05, 3.63) is 58.6 Å². The number of rotatable bonds is 6. The van der Waals surface area contributed by atoms with E-state index in [1.807, 2.05) is 49.4 Å². The molecule has 1 aliphatic heterocycles. The minimum atomic E-state index is -0.166. The van der Waals surface area contributed by atoms with Crippen LogP contribution < -0.4 is 24.8 Å². The van der Waals surface area contributed by atoms with Gasteiger partial charge in [0.15, 0.2) is 16.6 Å². The number of nitrogens with one attached hydrogen (secondary N) is 2. The van der Waals surface area contributed by atoms with Crippen LogP contribution in [-0.2, 0) is 6.54 Å². The fourth-order valence-corrected chi connectivity index (χ4v) is 3.73. The molecule has 0 radical (unpaired) electrons. The fourth-order valence-electron chi connectivity index (χ4n) is 2.84. The average Bonchev–Trinajstić information content (AvgIpc) is 3.32. The Hall–Kier alpha value is -3.26. The summed E-state index contributed by atoms with van der Waals surface area (Å²) in [4.78, 5) is 17.6. The van der Waals surface area contributed by atoms with Gasteiger partial charge in [0.25, 0.3) is 5.91 Å². The van der Waals surface area contributed by atoms with Crippen molar-refractivity contribution in [2.45, 2.75) is 13.5 Å². The van der Waals surface area contributed by atoms with Gasteiger partial charge in [-0.25, -0.2) is 4.98 Å². The first-order valence-electron chi connectivity index (χ1n) is 8.68. The van der Waals surface area contributed by atoms with E-state index in [-0.39, 0.29) is 12.7 Å². The molecule has 2 heterocycles. The second kappa shape index (κ2) is 7.77. The zero-order chi connectivity index (χ0) is 19.5. The second-order valence-electron chi connectivity index (χ2n) is 6.13. The summed E-state index contributed by atoms with van der Waals surface area (Å²) in [5.74, 6) is 1.97. The Morgan fingerprint density at radius 1 is 1.21 bits per heavy atom. The molecule has 144 valence electrons. The van der Waals surface area contributed by atoms with Crippen molar-refractivity contribution in [1.29, 1.82) is 0 Å². The zero-order valence-corrected chi connectivity index (χ0v) is 16.3. The molecule has 2 N–H and O–H groups in total. The fraction of sp³-hybridized carbons (Fsp3) is 0.200. The highest BCUT2D eigenvalue weighted by Crippen LogP contribution is 2.33. The lowest BCUT2D eigenvalue weighted by Crippen LogP contribution is -2.22. The molecule has 0 atom stereocenters. The van der Waals surface area contributed by atoms with Crippen LogP contribution in [0, 0.1) is 6.92 Å². The molecule has 8 heteroatoms. The van der Waals surface area contributed by atoms with E-state index in [2.05, 4.69) is 15.6 Å². The van der Waals surface area contributed by atoms with Crippen LogP contribution in [0.2, 0.25) is 0 Å². The first-order chi connectivity index (χ1) is 13.6. The molecule has 4 rings (SSSR count). The van der Waals surface area contributed by atoms with Crippen molar-refractivity contribution in [3.63, 3.8) is 0 Å². The van der Waals surface area contributed by atoms with E-state index in [9.17, 15) is 4.79 Å². The van der Waals surface area contributed by atoms with Gasteiger partial charge in [0.2, 0.25) is 6.79 Å². The first kappa shape index (κ1) is 18.1. The Kier molecular flexibility index (Phi) is 5.03. The molecule has 1 aromatic heterocycles. The molecule has 0 unspecified atom stereocenters. The van der Waals surface area contributed by atoms with Gasteiger partial charge in [-0.2, -0.15) is 0 Å². The van der Waals surface area contributed by atoms with Gasteiger partial charge in [-0.05, 0) is 36.8 Å². The number of para-hydroxylation sites is 2. The summed E-state index contributed by atoms with van der Waals surface area (Å²) in [5, 5.41) is 6.78. The molecule has 2 aromatic carbocycles. The number of thiazole rings is 1. The van der Waals surface area contributed by atoms with Crippen molar-refractivity contribution in [2.75, 3.05) is 19.2 Å². The van der Waals surface area contributed by atoms with Crippen LogP contribution in [-0.4, -0.2) is 24.8 Å². The molecule has 1 aliphatic rings. The summed E-state index contributed by atoms with van der Waals surface area (Å²) in [6, 6.07) is 13.2. The second-order valence-corrected chi connectivity index (χ2v) is 7.13. The molecular weight excluding hydrogens is 378 g/mol. The van der Waals surface area contributed by atoms with Crippen molar-refractivity contribution in [1.82, 2.24) is 10.3 Å². The van der Waals surface area contributed by atoms with Crippen LogP contribution in [0.4, 0.5) is 10.8 Å². The maximum absolute atomic E-state index is 12.6. The third kappa shape index (κ3) is 3.72. The number of methoxy groups -OCH3 is 1. The first-order valence-corrected chi connectivity index (χ1v) is 9.50. The number of carbonyl (C=O) groups is 1. The molecule has 1 amide bonds. The van der Waals surface area contributed by atoms with Gasteiger partial charge in [0, 0.05) is 6.54 Å². The number of aromatic nitrogens is 1. The normalized spacial score (nSPS) is 11.9. The summed E-state index contributed by atoms with van der Waals surface area (Å²) in [7, 11) is 1.61. The monoisotopic (exact) mass is 397 g/mol. The number of benzene rings is 2. The van der Waals surface area contributed by atoms with Gasteiger partial charge >= 0.3 is 0 Å². The summed E-state index contributed by atoms with van der Waals surface area (Å²) in [6.45, 7) is 2.44. The minimum Gasteiger partial charge on any atom is -0.495 e. The van der Waals surface area contributed by atoms with Crippen molar-refractivity contribution < 1.29 is 19.0 Å². The number of hydrogen-bond acceptors (Lipinski definition) is 7.